The Morgan fingerprint density at radius 2 is 2.11 bits per heavy atom. The number of aliphatic hydroxyl groups excluding tert-OH is 1. The van der Waals surface area contributed by atoms with E-state index in [1.54, 1.807) is 30.1 Å². The van der Waals surface area contributed by atoms with Gasteiger partial charge < -0.3 is 10.4 Å². The van der Waals surface area contributed by atoms with E-state index in [0.29, 0.717) is 0 Å². The van der Waals surface area contributed by atoms with Gasteiger partial charge in [-0.1, -0.05) is 30.3 Å². The first-order chi connectivity index (χ1) is 9.22. The van der Waals surface area contributed by atoms with Crippen molar-refractivity contribution in [2.75, 3.05) is 6.61 Å². The van der Waals surface area contributed by atoms with Crippen LogP contribution in [0.3, 0.4) is 0 Å². The van der Waals surface area contributed by atoms with Gasteiger partial charge in [0.15, 0.2) is 0 Å². The minimum atomic E-state index is -0.409. The van der Waals surface area contributed by atoms with Crippen LogP contribution in [0.5, 0.6) is 0 Å². The lowest BCUT2D eigenvalue weighted by atomic mass is 10.1. The maximum Gasteiger partial charge on any atom is 0.245 e. The molecule has 0 aliphatic heterocycles. The Morgan fingerprint density at radius 1 is 1.37 bits per heavy atom. The number of nitrogens with zero attached hydrogens (tertiary/aromatic N) is 2. The highest BCUT2D eigenvalue weighted by molar-refractivity contribution is 5.80. The van der Waals surface area contributed by atoms with Gasteiger partial charge >= 0.3 is 0 Å². The smallest absolute Gasteiger partial charge is 0.245 e. The van der Waals surface area contributed by atoms with E-state index in [4.69, 9.17) is 0 Å². The molecule has 0 aliphatic rings. The number of amides is 1. The normalized spacial score (nSPS) is 13.8. The summed E-state index contributed by atoms with van der Waals surface area (Å²) in [7, 11) is 0. The molecule has 1 amide bonds. The Bertz CT molecular complexity index is 511. The largest absolute Gasteiger partial charge is 0.394 e. The Morgan fingerprint density at radius 3 is 2.68 bits per heavy atom. The molecule has 2 unspecified atom stereocenters. The van der Waals surface area contributed by atoms with Crippen LogP contribution < -0.4 is 5.32 Å². The molecule has 5 nitrogen and oxygen atoms in total. The molecule has 5 heteroatoms. The van der Waals surface area contributed by atoms with E-state index < -0.39 is 12.1 Å². The first-order valence-corrected chi connectivity index (χ1v) is 6.17. The second kappa shape index (κ2) is 6.15. The van der Waals surface area contributed by atoms with Crippen molar-refractivity contribution in [2.45, 2.75) is 19.0 Å². The summed E-state index contributed by atoms with van der Waals surface area (Å²) in [5, 5.41) is 16.3. The standard InChI is InChI=1S/C14H17N3O2/c1-11(17-9-5-8-15-17)14(19)16-13(10-18)12-6-3-2-4-7-12/h2-9,11,13,18H,10H2,1H3,(H,16,19). The summed E-state index contributed by atoms with van der Waals surface area (Å²) in [5.74, 6) is -0.174. The topological polar surface area (TPSA) is 67.2 Å². The molecule has 2 rings (SSSR count). The zero-order chi connectivity index (χ0) is 13.7. The maximum absolute atomic E-state index is 12.1. The van der Waals surface area contributed by atoms with Gasteiger partial charge in [0, 0.05) is 12.4 Å². The molecule has 0 aliphatic carbocycles. The van der Waals surface area contributed by atoms with Gasteiger partial charge in [0.05, 0.1) is 12.6 Å². The third kappa shape index (κ3) is 3.20. The van der Waals surface area contributed by atoms with E-state index in [9.17, 15) is 9.90 Å². The van der Waals surface area contributed by atoms with Crippen molar-refractivity contribution in [3.63, 3.8) is 0 Å². The van der Waals surface area contributed by atoms with Gasteiger partial charge in [0.1, 0.15) is 6.04 Å². The summed E-state index contributed by atoms with van der Waals surface area (Å²) in [6.07, 6.45) is 3.37. The molecule has 0 bridgehead atoms. The Labute approximate surface area is 111 Å². The third-order valence-electron chi connectivity index (χ3n) is 3.00. The summed E-state index contributed by atoms with van der Waals surface area (Å²) in [5.41, 5.74) is 0.881. The van der Waals surface area contributed by atoms with Gasteiger partial charge in [0.2, 0.25) is 5.91 Å². The molecule has 2 aromatic rings. The van der Waals surface area contributed by atoms with Crippen LogP contribution >= 0.6 is 0 Å². The van der Waals surface area contributed by atoms with Crippen LogP contribution in [0.15, 0.2) is 48.8 Å². The molecule has 0 spiro atoms. The van der Waals surface area contributed by atoms with Gasteiger partial charge in [-0.15, -0.1) is 0 Å². The SMILES string of the molecule is CC(C(=O)NC(CO)c1ccccc1)n1cccn1. The van der Waals surface area contributed by atoms with E-state index in [1.807, 2.05) is 30.3 Å². The van der Waals surface area contributed by atoms with Gasteiger partial charge in [-0.2, -0.15) is 5.10 Å². The van der Waals surface area contributed by atoms with Crippen LogP contribution in [0.2, 0.25) is 0 Å². The van der Waals surface area contributed by atoms with Crippen molar-refractivity contribution < 1.29 is 9.90 Å². The lowest BCUT2D eigenvalue weighted by Crippen LogP contribution is -2.35. The van der Waals surface area contributed by atoms with Crippen LogP contribution in [0, 0.1) is 0 Å². The number of benzene rings is 1. The highest BCUT2D eigenvalue weighted by Crippen LogP contribution is 2.13. The summed E-state index contributed by atoms with van der Waals surface area (Å²) in [4.78, 5) is 12.1. The van der Waals surface area contributed by atoms with E-state index in [1.165, 1.54) is 0 Å². The Kier molecular flexibility index (Phi) is 4.30. The maximum atomic E-state index is 12.1. The molecule has 0 saturated carbocycles. The average molecular weight is 259 g/mol. The summed E-state index contributed by atoms with van der Waals surface area (Å²) < 4.78 is 1.58. The van der Waals surface area contributed by atoms with Crippen LogP contribution in [-0.4, -0.2) is 27.4 Å². The fourth-order valence-corrected chi connectivity index (χ4v) is 1.84. The predicted octanol–water partition coefficient (Wildman–Crippen LogP) is 1.29. The minimum Gasteiger partial charge on any atom is -0.394 e. The lowest BCUT2D eigenvalue weighted by molar-refractivity contribution is -0.125. The minimum absolute atomic E-state index is 0.137. The van der Waals surface area contributed by atoms with Crippen LogP contribution in [0.4, 0.5) is 0 Å². The first-order valence-electron chi connectivity index (χ1n) is 6.17. The summed E-state index contributed by atoms with van der Waals surface area (Å²) in [6.45, 7) is 1.63. The fraction of sp³-hybridized carbons (Fsp3) is 0.286. The number of hydrogen-bond acceptors (Lipinski definition) is 3. The van der Waals surface area contributed by atoms with Crippen molar-refractivity contribution in [2.24, 2.45) is 0 Å². The van der Waals surface area contributed by atoms with Crippen molar-refractivity contribution >= 4 is 5.91 Å². The summed E-state index contributed by atoms with van der Waals surface area (Å²) in [6, 6.07) is 10.4. The number of hydrogen-bond donors (Lipinski definition) is 2. The predicted molar refractivity (Wildman–Crippen MR) is 71.3 cm³/mol. The van der Waals surface area contributed by atoms with Crippen molar-refractivity contribution in [1.82, 2.24) is 15.1 Å². The van der Waals surface area contributed by atoms with E-state index in [-0.39, 0.29) is 12.5 Å². The summed E-state index contributed by atoms with van der Waals surface area (Å²) >= 11 is 0. The number of nitrogens with one attached hydrogen (secondary N) is 1. The molecule has 2 atom stereocenters. The number of carbonyl (C=O) groups is 1. The number of rotatable bonds is 5. The Balaban J connectivity index is 2.05. The second-order valence-corrected chi connectivity index (χ2v) is 4.32. The van der Waals surface area contributed by atoms with E-state index in [2.05, 4.69) is 10.4 Å². The van der Waals surface area contributed by atoms with Gasteiger partial charge in [-0.05, 0) is 18.6 Å². The molecule has 1 heterocycles. The molecule has 0 radical (unpaired) electrons. The van der Waals surface area contributed by atoms with E-state index >= 15 is 0 Å². The molecule has 0 saturated heterocycles. The van der Waals surface area contributed by atoms with Crippen LogP contribution in [-0.2, 0) is 4.79 Å². The highest BCUT2D eigenvalue weighted by atomic mass is 16.3. The molecular formula is C14H17N3O2. The van der Waals surface area contributed by atoms with Crippen molar-refractivity contribution in [3.05, 3.63) is 54.4 Å². The monoisotopic (exact) mass is 259 g/mol. The Hall–Kier alpha value is -2.14. The zero-order valence-corrected chi connectivity index (χ0v) is 10.7. The van der Waals surface area contributed by atoms with Gasteiger partial charge in [-0.3, -0.25) is 9.48 Å². The molecule has 100 valence electrons. The second-order valence-electron chi connectivity index (χ2n) is 4.32. The molecule has 1 aromatic heterocycles. The number of aromatic nitrogens is 2. The highest BCUT2D eigenvalue weighted by Gasteiger charge is 2.19. The molecule has 19 heavy (non-hydrogen) atoms. The van der Waals surface area contributed by atoms with Crippen molar-refractivity contribution in [1.29, 1.82) is 0 Å². The van der Waals surface area contributed by atoms with Crippen molar-refractivity contribution in [3.8, 4) is 0 Å². The number of carbonyl (C=O) groups excluding carboxylic acids is 1. The molecule has 0 fully saturated rings. The molecular weight excluding hydrogens is 242 g/mol. The van der Waals surface area contributed by atoms with E-state index in [0.717, 1.165) is 5.56 Å². The zero-order valence-electron chi connectivity index (χ0n) is 10.7. The number of aliphatic hydroxyl groups is 1. The molecule has 1 aromatic carbocycles. The fourth-order valence-electron chi connectivity index (χ4n) is 1.84. The van der Waals surface area contributed by atoms with Gasteiger partial charge in [-0.25, -0.2) is 0 Å². The molecule has 2 N–H and O–H groups in total. The lowest BCUT2D eigenvalue weighted by Gasteiger charge is -2.19. The average Bonchev–Trinajstić information content (AvgIpc) is 2.98. The first kappa shape index (κ1) is 13.3. The van der Waals surface area contributed by atoms with Crippen LogP contribution in [0.25, 0.3) is 0 Å². The van der Waals surface area contributed by atoms with Crippen LogP contribution in [0.1, 0.15) is 24.6 Å². The third-order valence-corrected chi connectivity index (χ3v) is 3.00. The quantitative estimate of drug-likeness (QED) is 0.850. The van der Waals surface area contributed by atoms with Gasteiger partial charge in [0.25, 0.3) is 0 Å².